The molecule has 2 aromatic carbocycles. The summed E-state index contributed by atoms with van der Waals surface area (Å²) in [5.41, 5.74) is 8.03. The van der Waals surface area contributed by atoms with Crippen molar-refractivity contribution in [2.75, 3.05) is 43.4 Å². The van der Waals surface area contributed by atoms with E-state index < -0.39 is 11.7 Å². The third-order valence-electron chi connectivity index (χ3n) is 6.94. The van der Waals surface area contributed by atoms with Gasteiger partial charge in [-0.2, -0.15) is 13.2 Å². The van der Waals surface area contributed by atoms with Crippen molar-refractivity contribution in [3.63, 3.8) is 0 Å². The average Bonchev–Trinajstić information content (AvgIpc) is 2.92. The highest BCUT2D eigenvalue weighted by atomic mass is 35.5. The van der Waals surface area contributed by atoms with Gasteiger partial charge in [-0.05, 0) is 53.9 Å². The van der Waals surface area contributed by atoms with Crippen LogP contribution in [0.4, 0.5) is 24.7 Å². The smallest absolute Gasteiger partial charge is 0.382 e. The Morgan fingerprint density at radius 2 is 1.65 bits per heavy atom. The number of hydrogen-bond acceptors (Lipinski definition) is 5. The maximum atomic E-state index is 13.7. The Hall–Kier alpha value is -3.79. The lowest BCUT2D eigenvalue weighted by Crippen LogP contribution is -2.50. The Kier molecular flexibility index (Phi) is 8.88. The highest BCUT2D eigenvalue weighted by Crippen LogP contribution is 2.36. The fourth-order valence-corrected chi connectivity index (χ4v) is 5.01. The van der Waals surface area contributed by atoms with Crippen LogP contribution in [0, 0.1) is 0 Å². The van der Waals surface area contributed by atoms with E-state index in [1.54, 1.807) is 51.2 Å². The number of benzene rings is 2. The van der Waals surface area contributed by atoms with Gasteiger partial charge in [0.15, 0.2) is 0 Å². The molecule has 40 heavy (non-hydrogen) atoms. The van der Waals surface area contributed by atoms with Crippen LogP contribution in [0.2, 0.25) is 5.02 Å². The van der Waals surface area contributed by atoms with Crippen LogP contribution in [0.1, 0.15) is 41.8 Å². The summed E-state index contributed by atoms with van der Waals surface area (Å²) >= 11 is 6.05. The topological polar surface area (TPSA) is 82.8 Å². The van der Waals surface area contributed by atoms with Gasteiger partial charge in [0.25, 0.3) is 5.91 Å². The minimum Gasteiger partial charge on any atom is -0.382 e. The first-order valence-corrected chi connectivity index (χ1v) is 13.4. The highest BCUT2D eigenvalue weighted by Gasteiger charge is 2.34. The van der Waals surface area contributed by atoms with Gasteiger partial charge in [0.05, 0.1) is 11.3 Å². The summed E-state index contributed by atoms with van der Waals surface area (Å²) in [5.74, 6) is 0.0880. The molecular weight excluding hydrogens is 543 g/mol. The molecule has 0 spiro atoms. The molecule has 2 N–H and O–H groups in total. The summed E-state index contributed by atoms with van der Waals surface area (Å²) in [6.07, 6.45) is -2.26. The van der Waals surface area contributed by atoms with Gasteiger partial charge in [0, 0.05) is 68.5 Å². The van der Waals surface area contributed by atoms with Crippen LogP contribution in [0.5, 0.6) is 0 Å². The number of halogens is 4. The van der Waals surface area contributed by atoms with Gasteiger partial charge < -0.3 is 20.4 Å². The number of pyridine rings is 1. The van der Waals surface area contributed by atoms with Crippen LogP contribution < -0.4 is 10.6 Å². The number of alkyl halides is 3. The molecule has 1 aliphatic heterocycles. The van der Waals surface area contributed by atoms with Crippen molar-refractivity contribution in [3.05, 3.63) is 76.4 Å². The summed E-state index contributed by atoms with van der Waals surface area (Å²) in [6, 6.07) is 12.4. The van der Waals surface area contributed by atoms with Gasteiger partial charge in [0.1, 0.15) is 5.82 Å². The molecule has 0 unspecified atom stereocenters. The number of piperazine rings is 1. The first-order valence-electron chi connectivity index (χ1n) is 13.0. The molecule has 3 aromatic rings. The first kappa shape index (κ1) is 29.2. The first-order chi connectivity index (χ1) is 19.0. The van der Waals surface area contributed by atoms with E-state index in [1.807, 2.05) is 6.92 Å². The van der Waals surface area contributed by atoms with E-state index in [4.69, 9.17) is 17.3 Å². The van der Waals surface area contributed by atoms with Gasteiger partial charge in [-0.3, -0.25) is 9.59 Å². The molecule has 0 radical (unpaired) electrons. The van der Waals surface area contributed by atoms with Crippen LogP contribution in [0.25, 0.3) is 11.1 Å². The predicted molar refractivity (Wildman–Crippen MR) is 150 cm³/mol. The molecule has 1 saturated heterocycles. The van der Waals surface area contributed by atoms with Gasteiger partial charge in [0.2, 0.25) is 5.91 Å². The second kappa shape index (κ2) is 12.2. The molecule has 0 bridgehead atoms. The molecule has 0 atom stereocenters. The number of carbonyl (C=O) groups is 2. The van der Waals surface area contributed by atoms with E-state index >= 15 is 0 Å². The standard InChI is InChI=1S/C29H31ClF3N5O2/c1-3-10-38(18-23-15-24(30)8-9-25(23)29(31,32)33)26-16-22(17-35-27(26)34)20-4-6-21(7-5-20)28(40)37-13-11-36(12-14-37)19(2)39/h4-9,15-17H,3,10-14,18H2,1-2H3,(H2,34,35). The number of nitrogens with two attached hydrogens (primary N) is 1. The van der Waals surface area contributed by atoms with E-state index in [2.05, 4.69) is 4.98 Å². The Morgan fingerprint density at radius 1 is 1.00 bits per heavy atom. The quantitative estimate of drug-likeness (QED) is 0.391. The zero-order valence-electron chi connectivity index (χ0n) is 22.3. The van der Waals surface area contributed by atoms with Crippen molar-refractivity contribution < 1.29 is 22.8 Å². The molecular formula is C29H31ClF3N5O2. The molecule has 2 heterocycles. The van der Waals surface area contributed by atoms with Gasteiger partial charge in [-0.25, -0.2) is 4.98 Å². The Balaban J connectivity index is 1.57. The normalized spacial score (nSPS) is 13.8. The number of hydrogen-bond donors (Lipinski definition) is 1. The number of rotatable bonds is 7. The highest BCUT2D eigenvalue weighted by molar-refractivity contribution is 6.30. The maximum Gasteiger partial charge on any atom is 0.416 e. The van der Waals surface area contributed by atoms with Crippen molar-refractivity contribution in [2.24, 2.45) is 0 Å². The molecule has 0 saturated carbocycles. The summed E-state index contributed by atoms with van der Waals surface area (Å²) in [6.45, 7) is 5.81. The molecule has 212 valence electrons. The van der Waals surface area contributed by atoms with Crippen molar-refractivity contribution in [2.45, 2.75) is 33.0 Å². The van der Waals surface area contributed by atoms with E-state index in [0.29, 0.717) is 56.0 Å². The van der Waals surface area contributed by atoms with Crippen molar-refractivity contribution in [1.29, 1.82) is 0 Å². The molecule has 1 aromatic heterocycles. The lowest BCUT2D eigenvalue weighted by atomic mass is 10.0. The van der Waals surface area contributed by atoms with Crippen LogP contribution in [-0.4, -0.2) is 59.3 Å². The van der Waals surface area contributed by atoms with Crippen molar-refractivity contribution in [1.82, 2.24) is 14.8 Å². The van der Waals surface area contributed by atoms with Crippen molar-refractivity contribution >= 4 is 34.9 Å². The van der Waals surface area contributed by atoms with Crippen LogP contribution in [-0.2, 0) is 17.5 Å². The Morgan fingerprint density at radius 3 is 2.25 bits per heavy atom. The average molecular weight is 574 g/mol. The summed E-state index contributed by atoms with van der Waals surface area (Å²) in [7, 11) is 0. The third-order valence-corrected chi connectivity index (χ3v) is 7.18. The molecule has 1 fully saturated rings. The van der Waals surface area contributed by atoms with E-state index in [0.717, 1.165) is 11.6 Å². The molecule has 7 nitrogen and oxygen atoms in total. The fraction of sp³-hybridized carbons (Fsp3) is 0.345. The van der Waals surface area contributed by atoms with Crippen LogP contribution in [0.15, 0.2) is 54.7 Å². The molecule has 2 amide bonds. The number of nitrogens with zero attached hydrogens (tertiary/aromatic N) is 4. The van der Waals surface area contributed by atoms with Gasteiger partial charge in [-0.15, -0.1) is 0 Å². The lowest BCUT2D eigenvalue weighted by Gasteiger charge is -2.34. The van der Waals surface area contributed by atoms with Crippen molar-refractivity contribution in [3.8, 4) is 11.1 Å². The molecule has 11 heteroatoms. The number of nitrogen functional groups attached to an aromatic ring is 1. The zero-order chi connectivity index (χ0) is 29.0. The van der Waals surface area contributed by atoms with E-state index in [-0.39, 0.29) is 34.8 Å². The fourth-order valence-electron chi connectivity index (χ4n) is 4.82. The summed E-state index contributed by atoms with van der Waals surface area (Å²) in [5, 5.41) is 0.217. The number of amides is 2. The largest absolute Gasteiger partial charge is 0.416 e. The number of anilines is 2. The van der Waals surface area contributed by atoms with E-state index in [1.165, 1.54) is 19.1 Å². The second-order valence-electron chi connectivity index (χ2n) is 9.72. The SMILES string of the molecule is CCCN(Cc1cc(Cl)ccc1C(F)(F)F)c1cc(-c2ccc(C(=O)N3CCN(C(C)=O)CC3)cc2)cnc1N. The molecule has 4 rings (SSSR count). The monoisotopic (exact) mass is 573 g/mol. The molecule has 0 aliphatic carbocycles. The third kappa shape index (κ3) is 6.67. The summed E-state index contributed by atoms with van der Waals surface area (Å²) < 4.78 is 41.1. The number of aromatic nitrogens is 1. The van der Waals surface area contributed by atoms with Crippen LogP contribution >= 0.6 is 11.6 Å². The Labute approximate surface area is 236 Å². The lowest BCUT2D eigenvalue weighted by molar-refractivity contribution is -0.138. The van der Waals surface area contributed by atoms with Gasteiger partial charge in [-0.1, -0.05) is 30.7 Å². The minimum atomic E-state index is -4.52. The minimum absolute atomic E-state index is 0.00112. The second-order valence-corrected chi connectivity index (χ2v) is 10.2. The summed E-state index contributed by atoms with van der Waals surface area (Å²) in [4.78, 5) is 34.1. The number of carbonyl (C=O) groups excluding carboxylic acids is 2. The van der Waals surface area contributed by atoms with Crippen LogP contribution in [0.3, 0.4) is 0 Å². The van der Waals surface area contributed by atoms with Gasteiger partial charge >= 0.3 is 6.18 Å². The van der Waals surface area contributed by atoms with E-state index in [9.17, 15) is 22.8 Å². The molecule has 1 aliphatic rings. The Bertz CT molecular complexity index is 1370. The predicted octanol–water partition coefficient (Wildman–Crippen LogP) is 5.72. The maximum absolute atomic E-state index is 13.7. The zero-order valence-corrected chi connectivity index (χ0v) is 23.1.